The molecular weight excluding hydrogens is 250 g/mol. The van der Waals surface area contributed by atoms with E-state index in [0.29, 0.717) is 12.3 Å². The van der Waals surface area contributed by atoms with Gasteiger partial charge in [0, 0.05) is 0 Å². The molecule has 0 aromatic heterocycles. The maximum Gasteiger partial charge on any atom is 0.119 e. The summed E-state index contributed by atoms with van der Waals surface area (Å²) in [4.78, 5) is 0. The van der Waals surface area contributed by atoms with Crippen LogP contribution in [0.2, 0.25) is 0 Å². The normalized spacial score (nSPS) is 10.4. The zero-order valence-electron chi connectivity index (χ0n) is 11.1. The minimum absolute atomic E-state index is 0.439. The molecule has 20 heavy (non-hydrogen) atoms. The van der Waals surface area contributed by atoms with Crippen LogP contribution in [0.5, 0.6) is 5.75 Å². The third-order valence-electron chi connectivity index (χ3n) is 2.75. The van der Waals surface area contributed by atoms with Crippen molar-refractivity contribution < 1.29 is 9.94 Å². The van der Waals surface area contributed by atoms with E-state index in [1.54, 1.807) is 6.08 Å². The number of hydrogen-bond donors (Lipinski definition) is 2. The van der Waals surface area contributed by atoms with E-state index < -0.39 is 0 Å². The van der Waals surface area contributed by atoms with Crippen molar-refractivity contribution in [3.05, 3.63) is 84.1 Å². The molecule has 102 valence electrons. The van der Waals surface area contributed by atoms with E-state index in [-0.39, 0.29) is 0 Å². The van der Waals surface area contributed by atoms with Crippen molar-refractivity contribution in [1.29, 1.82) is 0 Å². The summed E-state index contributed by atoms with van der Waals surface area (Å²) in [7, 11) is 0. The van der Waals surface area contributed by atoms with Gasteiger partial charge in [0.25, 0.3) is 0 Å². The van der Waals surface area contributed by atoms with Gasteiger partial charge in [0.2, 0.25) is 0 Å². The van der Waals surface area contributed by atoms with Gasteiger partial charge in [-0.1, -0.05) is 55.1 Å². The van der Waals surface area contributed by atoms with E-state index in [9.17, 15) is 0 Å². The molecule has 0 aliphatic heterocycles. The Morgan fingerprint density at radius 1 is 1.10 bits per heavy atom. The highest BCUT2D eigenvalue weighted by Crippen LogP contribution is 2.15. The average Bonchev–Trinajstić information content (AvgIpc) is 2.52. The van der Waals surface area contributed by atoms with Gasteiger partial charge in [0.15, 0.2) is 0 Å². The van der Waals surface area contributed by atoms with Gasteiger partial charge < -0.3 is 4.74 Å². The lowest BCUT2D eigenvalue weighted by Gasteiger charge is -2.06. The third kappa shape index (κ3) is 4.30. The summed E-state index contributed by atoms with van der Waals surface area (Å²) >= 11 is 0. The molecule has 0 atom stereocenters. The first kappa shape index (κ1) is 13.9. The van der Waals surface area contributed by atoms with Gasteiger partial charge in [0.05, 0.1) is 5.70 Å². The zero-order chi connectivity index (χ0) is 14.2. The number of nitrogens with one attached hydrogen (secondary N) is 1. The molecule has 0 saturated carbocycles. The highest BCUT2D eigenvalue weighted by Gasteiger charge is 1.95. The van der Waals surface area contributed by atoms with Crippen LogP contribution in [-0.4, -0.2) is 5.21 Å². The van der Waals surface area contributed by atoms with Crippen LogP contribution in [-0.2, 0) is 6.61 Å². The van der Waals surface area contributed by atoms with E-state index in [1.807, 2.05) is 66.2 Å². The molecule has 0 aliphatic carbocycles. The third-order valence-corrected chi connectivity index (χ3v) is 2.75. The lowest BCUT2D eigenvalue weighted by Crippen LogP contribution is -2.01. The van der Waals surface area contributed by atoms with Crippen molar-refractivity contribution >= 4 is 6.08 Å². The molecule has 0 amide bonds. The molecular formula is C17H17NO2. The Balaban J connectivity index is 1.91. The smallest absolute Gasteiger partial charge is 0.119 e. The fraction of sp³-hybridized carbons (Fsp3) is 0.0588. The molecule has 0 aliphatic rings. The van der Waals surface area contributed by atoms with Crippen molar-refractivity contribution in [3.63, 3.8) is 0 Å². The van der Waals surface area contributed by atoms with Crippen LogP contribution < -0.4 is 10.2 Å². The number of rotatable bonds is 6. The van der Waals surface area contributed by atoms with Crippen molar-refractivity contribution in [1.82, 2.24) is 5.48 Å². The Labute approximate surface area is 118 Å². The standard InChI is InChI=1S/C17H17NO2/c1-14(18-19)7-8-15-9-11-17(12-10-15)20-13-16-5-3-2-4-6-16/h2-12,18-19H,1,13H2. The second-order valence-electron chi connectivity index (χ2n) is 4.31. The van der Waals surface area contributed by atoms with Crippen LogP contribution in [0.25, 0.3) is 6.08 Å². The molecule has 0 unspecified atom stereocenters. The Bertz CT molecular complexity index is 574. The monoisotopic (exact) mass is 267 g/mol. The van der Waals surface area contributed by atoms with Crippen LogP contribution in [0.4, 0.5) is 0 Å². The highest BCUT2D eigenvalue weighted by atomic mass is 16.5. The fourth-order valence-electron chi connectivity index (χ4n) is 1.65. The van der Waals surface area contributed by atoms with Crippen molar-refractivity contribution in [2.45, 2.75) is 6.61 Å². The average molecular weight is 267 g/mol. The molecule has 0 spiro atoms. The molecule has 0 radical (unpaired) electrons. The molecule has 3 nitrogen and oxygen atoms in total. The Kier molecular flexibility index (Phi) is 4.98. The summed E-state index contributed by atoms with van der Waals surface area (Å²) in [5, 5.41) is 8.61. The van der Waals surface area contributed by atoms with E-state index in [1.165, 1.54) is 0 Å². The number of hydrogen-bond acceptors (Lipinski definition) is 3. The SMILES string of the molecule is C=C(C=Cc1ccc(OCc2ccccc2)cc1)NO. The minimum atomic E-state index is 0.439. The van der Waals surface area contributed by atoms with Crippen LogP contribution >= 0.6 is 0 Å². The van der Waals surface area contributed by atoms with E-state index in [4.69, 9.17) is 9.94 Å². The van der Waals surface area contributed by atoms with Gasteiger partial charge in [-0.2, -0.15) is 0 Å². The maximum absolute atomic E-state index is 8.61. The quantitative estimate of drug-likeness (QED) is 0.618. The van der Waals surface area contributed by atoms with E-state index >= 15 is 0 Å². The predicted octanol–water partition coefficient (Wildman–Crippen LogP) is 3.77. The predicted molar refractivity (Wildman–Crippen MR) is 80.3 cm³/mol. The minimum Gasteiger partial charge on any atom is -0.489 e. The van der Waals surface area contributed by atoms with Crippen molar-refractivity contribution in [2.24, 2.45) is 0 Å². The highest BCUT2D eigenvalue weighted by molar-refractivity contribution is 5.53. The maximum atomic E-state index is 8.61. The Hall–Kier alpha value is -2.52. The first-order valence-electron chi connectivity index (χ1n) is 6.32. The van der Waals surface area contributed by atoms with Gasteiger partial charge >= 0.3 is 0 Å². The summed E-state index contributed by atoms with van der Waals surface area (Å²) in [6.45, 7) is 4.15. The molecule has 2 aromatic carbocycles. The fourth-order valence-corrected chi connectivity index (χ4v) is 1.65. The molecule has 2 N–H and O–H groups in total. The zero-order valence-corrected chi connectivity index (χ0v) is 11.1. The van der Waals surface area contributed by atoms with Crippen LogP contribution in [0, 0.1) is 0 Å². The molecule has 0 bridgehead atoms. The van der Waals surface area contributed by atoms with Gasteiger partial charge in [0.1, 0.15) is 12.4 Å². The number of allylic oxidation sites excluding steroid dienone is 1. The first-order valence-corrected chi connectivity index (χ1v) is 6.32. The number of ether oxygens (including phenoxy) is 1. The summed E-state index contributed by atoms with van der Waals surface area (Å²) in [5.74, 6) is 0.824. The first-order chi connectivity index (χ1) is 9.78. The molecule has 0 fully saturated rings. The largest absolute Gasteiger partial charge is 0.489 e. The number of hydroxylamine groups is 1. The van der Waals surface area contributed by atoms with Crippen LogP contribution in [0.3, 0.4) is 0 Å². The molecule has 3 heteroatoms. The van der Waals surface area contributed by atoms with E-state index in [2.05, 4.69) is 6.58 Å². The van der Waals surface area contributed by atoms with E-state index in [0.717, 1.165) is 16.9 Å². The second kappa shape index (κ2) is 7.16. The lowest BCUT2D eigenvalue weighted by molar-refractivity contribution is 0.205. The molecule has 0 heterocycles. The molecule has 2 rings (SSSR count). The summed E-state index contributed by atoms with van der Waals surface area (Å²) < 4.78 is 5.70. The van der Waals surface area contributed by atoms with Gasteiger partial charge in [-0.25, -0.2) is 0 Å². The van der Waals surface area contributed by atoms with Gasteiger partial charge in [-0.15, -0.1) is 0 Å². The van der Waals surface area contributed by atoms with Crippen molar-refractivity contribution in [3.8, 4) is 5.75 Å². The molecule has 0 saturated heterocycles. The van der Waals surface area contributed by atoms with Gasteiger partial charge in [-0.05, 0) is 29.3 Å². The summed E-state index contributed by atoms with van der Waals surface area (Å²) in [6, 6.07) is 17.8. The van der Waals surface area contributed by atoms with Gasteiger partial charge in [-0.3, -0.25) is 10.7 Å². The Morgan fingerprint density at radius 3 is 2.45 bits per heavy atom. The lowest BCUT2D eigenvalue weighted by atomic mass is 10.2. The Morgan fingerprint density at radius 2 is 1.80 bits per heavy atom. The summed E-state index contributed by atoms with van der Waals surface area (Å²) in [5.41, 5.74) is 4.57. The molecule has 2 aromatic rings. The van der Waals surface area contributed by atoms with Crippen molar-refractivity contribution in [2.75, 3.05) is 0 Å². The topological polar surface area (TPSA) is 41.5 Å². The second-order valence-corrected chi connectivity index (χ2v) is 4.31. The van der Waals surface area contributed by atoms with Crippen LogP contribution in [0.15, 0.2) is 72.9 Å². The number of benzene rings is 2. The summed E-state index contributed by atoms with van der Waals surface area (Å²) in [6.07, 6.45) is 3.55. The van der Waals surface area contributed by atoms with Crippen LogP contribution in [0.1, 0.15) is 11.1 Å².